The summed E-state index contributed by atoms with van der Waals surface area (Å²) in [5.74, 6) is -0.360. The molecule has 2 aliphatic rings. The number of hydrogen-bond donors (Lipinski definition) is 1. The number of rotatable bonds is 8. The van der Waals surface area contributed by atoms with Gasteiger partial charge in [0.05, 0.1) is 25.9 Å². The van der Waals surface area contributed by atoms with Crippen LogP contribution in [0.5, 0.6) is 0 Å². The molecule has 132 valence electrons. The summed E-state index contributed by atoms with van der Waals surface area (Å²) in [6.07, 6.45) is 4.23. The lowest BCUT2D eigenvalue weighted by Gasteiger charge is -2.28. The van der Waals surface area contributed by atoms with Gasteiger partial charge in [0, 0.05) is 12.6 Å². The highest BCUT2D eigenvalue weighted by atomic mass is 16.6. The fourth-order valence-corrected chi connectivity index (χ4v) is 3.52. The van der Waals surface area contributed by atoms with Gasteiger partial charge < -0.3 is 19.5 Å². The SMILES string of the molecule is COC(=O)[C@H]([C@@H]1O[C@H]1CCOCc1ccccc1)[C@H]1CCCCN1. The predicted molar refractivity (Wildman–Crippen MR) is 90.5 cm³/mol. The molecule has 1 N–H and O–H groups in total. The maximum atomic E-state index is 12.2. The molecule has 2 aliphatic heterocycles. The Bertz CT molecular complexity index is 515. The topological polar surface area (TPSA) is 60.1 Å². The molecule has 24 heavy (non-hydrogen) atoms. The van der Waals surface area contributed by atoms with Crippen molar-refractivity contribution in [2.75, 3.05) is 20.3 Å². The van der Waals surface area contributed by atoms with Crippen LogP contribution in [0.2, 0.25) is 0 Å². The molecule has 2 saturated heterocycles. The van der Waals surface area contributed by atoms with E-state index in [9.17, 15) is 4.79 Å². The summed E-state index contributed by atoms with van der Waals surface area (Å²) in [4.78, 5) is 12.2. The largest absolute Gasteiger partial charge is 0.469 e. The van der Waals surface area contributed by atoms with E-state index in [1.165, 1.54) is 19.1 Å². The summed E-state index contributed by atoms with van der Waals surface area (Å²) < 4.78 is 16.5. The first-order chi connectivity index (χ1) is 11.8. The molecule has 0 bridgehead atoms. The minimum atomic E-state index is -0.200. The van der Waals surface area contributed by atoms with E-state index in [0.717, 1.165) is 25.8 Å². The monoisotopic (exact) mass is 333 g/mol. The quantitative estimate of drug-likeness (QED) is 0.449. The van der Waals surface area contributed by atoms with E-state index in [0.29, 0.717) is 13.2 Å². The Morgan fingerprint density at radius 2 is 2.17 bits per heavy atom. The fourth-order valence-electron chi connectivity index (χ4n) is 3.52. The van der Waals surface area contributed by atoms with Crippen molar-refractivity contribution in [3.8, 4) is 0 Å². The zero-order valence-electron chi connectivity index (χ0n) is 14.3. The van der Waals surface area contributed by atoms with Crippen molar-refractivity contribution in [2.45, 2.75) is 50.5 Å². The van der Waals surface area contributed by atoms with Gasteiger partial charge in [-0.15, -0.1) is 0 Å². The molecule has 0 aromatic heterocycles. The maximum Gasteiger partial charge on any atom is 0.313 e. The molecule has 0 unspecified atom stereocenters. The van der Waals surface area contributed by atoms with Crippen LogP contribution < -0.4 is 5.32 Å². The minimum Gasteiger partial charge on any atom is -0.469 e. The highest BCUT2D eigenvalue weighted by Gasteiger charge is 2.51. The summed E-state index contributed by atoms with van der Waals surface area (Å²) in [5.41, 5.74) is 1.17. The zero-order valence-corrected chi connectivity index (χ0v) is 14.3. The lowest BCUT2D eigenvalue weighted by atomic mass is 9.88. The molecule has 0 amide bonds. The summed E-state index contributed by atoms with van der Waals surface area (Å²) in [5, 5.41) is 3.45. The third-order valence-corrected chi connectivity index (χ3v) is 4.89. The van der Waals surface area contributed by atoms with Crippen LogP contribution >= 0.6 is 0 Å². The van der Waals surface area contributed by atoms with Gasteiger partial charge in [0.1, 0.15) is 5.92 Å². The van der Waals surface area contributed by atoms with Gasteiger partial charge in [-0.05, 0) is 31.4 Å². The molecule has 0 saturated carbocycles. The Kier molecular flexibility index (Phi) is 6.24. The van der Waals surface area contributed by atoms with E-state index >= 15 is 0 Å². The molecule has 2 fully saturated rings. The van der Waals surface area contributed by atoms with Crippen LogP contribution in [0.1, 0.15) is 31.2 Å². The van der Waals surface area contributed by atoms with Crippen LogP contribution in [0.3, 0.4) is 0 Å². The number of methoxy groups -OCH3 is 1. The average molecular weight is 333 g/mol. The molecule has 1 aromatic carbocycles. The van der Waals surface area contributed by atoms with Crippen LogP contribution in [0, 0.1) is 5.92 Å². The Hall–Kier alpha value is -1.43. The Morgan fingerprint density at radius 3 is 2.88 bits per heavy atom. The molecule has 3 rings (SSSR count). The van der Waals surface area contributed by atoms with E-state index in [-0.39, 0.29) is 30.1 Å². The van der Waals surface area contributed by atoms with Gasteiger partial charge in [0.2, 0.25) is 0 Å². The summed E-state index contributed by atoms with van der Waals surface area (Å²) in [7, 11) is 1.46. The van der Waals surface area contributed by atoms with Gasteiger partial charge >= 0.3 is 5.97 Å². The van der Waals surface area contributed by atoms with Crippen molar-refractivity contribution in [3.63, 3.8) is 0 Å². The Labute approximate surface area is 143 Å². The second-order valence-corrected chi connectivity index (χ2v) is 6.57. The molecular weight excluding hydrogens is 306 g/mol. The smallest absolute Gasteiger partial charge is 0.313 e. The van der Waals surface area contributed by atoms with Gasteiger partial charge in [0.15, 0.2) is 0 Å². The zero-order chi connectivity index (χ0) is 16.8. The van der Waals surface area contributed by atoms with E-state index in [4.69, 9.17) is 14.2 Å². The average Bonchev–Trinajstić information content (AvgIpc) is 3.39. The third kappa shape index (κ3) is 4.56. The van der Waals surface area contributed by atoms with E-state index in [2.05, 4.69) is 17.4 Å². The number of nitrogens with one attached hydrogen (secondary N) is 1. The van der Waals surface area contributed by atoms with Gasteiger partial charge in [-0.2, -0.15) is 0 Å². The van der Waals surface area contributed by atoms with E-state index < -0.39 is 0 Å². The molecule has 1 aromatic rings. The predicted octanol–water partition coefficient (Wildman–Crippen LogP) is 2.29. The van der Waals surface area contributed by atoms with E-state index in [1.54, 1.807) is 0 Å². The Morgan fingerprint density at radius 1 is 1.33 bits per heavy atom. The number of esters is 1. The normalized spacial score (nSPS) is 27.5. The van der Waals surface area contributed by atoms with Crippen molar-refractivity contribution in [3.05, 3.63) is 35.9 Å². The molecule has 0 aliphatic carbocycles. The third-order valence-electron chi connectivity index (χ3n) is 4.89. The van der Waals surface area contributed by atoms with Crippen LogP contribution in [0.4, 0.5) is 0 Å². The summed E-state index contributed by atoms with van der Waals surface area (Å²) in [6, 6.07) is 10.3. The molecule has 0 radical (unpaired) electrons. The van der Waals surface area contributed by atoms with Crippen molar-refractivity contribution in [1.82, 2.24) is 5.32 Å². The molecule has 5 nitrogen and oxygen atoms in total. The number of carbonyl (C=O) groups is 1. The van der Waals surface area contributed by atoms with Gasteiger partial charge in [-0.25, -0.2) is 0 Å². The van der Waals surface area contributed by atoms with Crippen molar-refractivity contribution < 1.29 is 19.0 Å². The van der Waals surface area contributed by atoms with E-state index in [1.807, 2.05) is 18.2 Å². The summed E-state index contributed by atoms with van der Waals surface area (Å²) in [6.45, 7) is 2.22. The number of epoxide rings is 1. The first-order valence-electron chi connectivity index (χ1n) is 8.88. The van der Waals surface area contributed by atoms with Crippen LogP contribution in [-0.4, -0.2) is 44.5 Å². The molecular formula is C19H27NO4. The minimum absolute atomic E-state index is 0.0339. The number of ether oxygens (including phenoxy) is 3. The van der Waals surface area contributed by atoms with Crippen molar-refractivity contribution in [1.29, 1.82) is 0 Å². The van der Waals surface area contributed by atoms with Gasteiger partial charge in [0.25, 0.3) is 0 Å². The highest BCUT2D eigenvalue weighted by molar-refractivity contribution is 5.74. The second-order valence-electron chi connectivity index (χ2n) is 6.57. The fraction of sp³-hybridized carbons (Fsp3) is 0.632. The van der Waals surface area contributed by atoms with Crippen LogP contribution in [-0.2, 0) is 25.6 Å². The summed E-state index contributed by atoms with van der Waals surface area (Å²) >= 11 is 0. The lowest BCUT2D eigenvalue weighted by molar-refractivity contribution is -0.147. The molecule has 0 spiro atoms. The molecule has 5 heteroatoms. The van der Waals surface area contributed by atoms with Crippen LogP contribution in [0.25, 0.3) is 0 Å². The number of piperidine rings is 1. The standard InChI is InChI=1S/C19H27NO4/c1-22-19(21)17(15-9-5-6-11-20-15)18-16(24-18)10-12-23-13-14-7-3-2-4-8-14/h2-4,7-8,15-18,20H,5-6,9-13H2,1H3/t15-,16+,17+,18-/m1/s1. The van der Waals surface area contributed by atoms with Gasteiger partial charge in [-0.3, -0.25) is 4.79 Å². The van der Waals surface area contributed by atoms with Gasteiger partial charge in [-0.1, -0.05) is 36.8 Å². The van der Waals surface area contributed by atoms with Crippen LogP contribution in [0.15, 0.2) is 30.3 Å². The Balaban J connectivity index is 1.42. The first-order valence-corrected chi connectivity index (χ1v) is 8.88. The van der Waals surface area contributed by atoms with Crippen molar-refractivity contribution in [2.24, 2.45) is 5.92 Å². The molecule has 4 atom stereocenters. The highest BCUT2D eigenvalue weighted by Crippen LogP contribution is 2.36. The van der Waals surface area contributed by atoms with Crippen molar-refractivity contribution >= 4 is 5.97 Å². The second kappa shape index (κ2) is 8.60. The maximum absolute atomic E-state index is 12.2. The number of benzene rings is 1. The lowest BCUT2D eigenvalue weighted by Crippen LogP contribution is -2.46. The number of carbonyl (C=O) groups excluding carboxylic acids is 1. The first kappa shape index (κ1) is 17.4. The molecule has 2 heterocycles. The number of hydrogen-bond acceptors (Lipinski definition) is 5.